The Morgan fingerprint density at radius 3 is 2.38 bits per heavy atom. The van der Waals surface area contributed by atoms with E-state index in [1.165, 1.54) is 0 Å². The summed E-state index contributed by atoms with van der Waals surface area (Å²) < 4.78 is 0. The number of rotatable bonds is 6. The van der Waals surface area contributed by atoms with E-state index in [0.717, 1.165) is 5.56 Å². The summed E-state index contributed by atoms with van der Waals surface area (Å²) in [5.74, 6) is -1.71. The van der Waals surface area contributed by atoms with E-state index in [1.807, 2.05) is 0 Å². The molecule has 0 bridgehead atoms. The molecule has 0 radical (unpaired) electrons. The standard InChI is InChI=1S/C11H13NO4/c13-10(14)3-1-8-5-6-12-9(7-8)2-4-11(15)16/h5-7H,1-4H2,(H,13,14)(H,15,16). The Hall–Kier alpha value is -1.91. The van der Waals surface area contributed by atoms with E-state index >= 15 is 0 Å². The lowest BCUT2D eigenvalue weighted by molar-refractivity contribution is -0.137. The third kappa shape index (κ3) is 4.54. The zero-order valence-corrected chi connectivity index (χ0v) is 8.72. The van der Waals surface area contributed by atoms with Crippen molar-refractivity contribution in [2.45, 2.75) is 25.7 Å². The largest absolute Gasteiger partial charge is 0.481 e. The molecule has 0 spiro atoms. The molecule has 0 aromatic carbocycles. The van der Waals surface area contributed by atoms with E-state index in [2.05, 4.69) is 4.98 Å². The van der Waals surface area contributed by atoms with Gasteiger partial charge in [0.1, 0.15) is 0 Å². The third-order valence-electron chi connectivity index (χ3n) is 2.10. The minimum atomic E-state index is -0.863. The van der Waals surface area contributed by atoms with Gasteiger partial charge in [-0.15, -0.1) is 0 Å². The van der Waals surface area contributed by atoms with Gasteiger partial charge in [-0.05, 0) is 24.1 Å². The number of carboxylic acid groups (broad SMARTS) is 2. The lowest BCUT2D eigenvalue weighted by Crippen LogP contribution is -2.01. The molecule has 0 aliphatic rings. The molecule has 86 valence electrons. The molecular formula is C11H13NO4. The number of aliphatic carboxylic acids is 2. The number of nitrogens with zero attached hydrogens (tertiary/aromatic N) is 1. The first-order chi connectivity index (χ1) is 7.58. The molecule has 0 unspecified atom stereocenters. The second kappa shape index (κ2) is 5.85. The van der Waals surface area contributed by atoms with Gasteiger partial charge in [-0.25, -0.2) is 0 Å². The Morgan fingerprint density at radius 2 is 1.75 bits per heavy atom. The second-order valence-corrected chi connectivity index (χ2v) is 3.44. The average Bonchev–Trinajstić information content (AvgIpc) is 2.24. The lowest BCUT2D eigenvalue weighted by atomic mass is 10.1. The fourth-order valence-electron chi connectivity index (χ4n) is 1.31. The smallest absolute Gasteiger partial charge is 0.303 e. The van der Waals surface area contributed by atoms with E-state index in [4.69, 9.17) is 10.2 Å². The molecular weight excluding hydrogens is 210 g/mol. The van der Waals surface area contributed by atoms with Crippen molar-refractivity contribution in [1.82, 2.24) is 4.98 Å². The Kier molecular flexibility index (Phi) is 4.44. The van der Waals surface area contributed by atoms with Gasteiger partial charge in [-0.1, -0.05) is 0 Å². The van der Waals surface area contributed by atoms with Crippen molar-refractivity contribution in [3.8, 4) is 0 Å². The van der Waals surface area contributed by atoms with Crippen LogP contribution in [0.5, 0.6) is 0 Å². The molecule has 0 atom stereocenters. The summed E-state index contributed by atoms with van der Waals surface area (Å²) in [6.45, 7) is 0. The van der Waals surface area contributed by atoms with Crippen molar-refractivity contribution in [1.29, 1.82) is 0 Å². The van der Waals surface area contributed by atoms with E-state index in [9.17, 15) is 9.59 Å². The van der Waals surface area contributed by atoms with E-state index in [-0.39, 0.29) is 12.8 Å². The van der Waals surface area contributed by atoms with Crippen molar-refractivity contribution >= 4 is 11.9 Å². The Bertz CT molecular complexity index is 356. The number of hydrogen-bond acceptors (Lipinski definition) is 3. The highest BCUT2D eigenvalue weighted by molar-refractivity contribution is 5.67. The molecule has 0 aliphatic heterocycles. The Labute approximate surface area is 92.8 Å². The first-order valence-corrected chi connectivity index (χ1v) is 4.95. The number of carboxylic acids is 2. The quantitative estimate of drug-likeness (QED) is 0.754. The predicted octanol–water partition coefficient (Wildman–Crippen LogP) is 1.12. The number of carbonyl (C=O) groups is 2. The molecule has 5 heteroatoms. The van der Waals surface area contributed by atoms with Crippen LogP contribution in [0.25, 0.3) is 0 Å². The van der Waals surface area contributed by atoms with Crippen molar-refractivity contribution in [3.05, 3.63) is 29.6 Å². The van der Waals surface area contributed by atoms with E-state index in [0.29, 0.717) is 18.5 Å². The molecule has 2 N–H and O–H groups in total. The van der Waals surface area contributed by atoms with Gasteiger partial charge >= 0.3 is 11.9 Å². The maximum Gasteiger partial charge on any atom is 0.303 e. The van der Waals surface area contributed by atoms with Gasteiger partial charge in [-0.2, -0.15) is 0 Å². The second-order valence-electron chi connectivity index (χ2n) is 3.44. The van der Waals surface area contributed by atoms with Crippen molar-refractivity contribution < 1.29 is 19.8 Å². The summed E-state index contributed by atoms with van der Waals surface area (Å²) in [7, 11) is 0. The Balaban J connectivity index is 2.56. The molecule has 0 fully saturated rings. The summed E-state index contributed by atoms with van der Waals surface area (Å²) in [4.78, 5) is 24.8. The van der Waals surface area contributed by atoms with Gasteiger partial charge in [0.05, 0.1) is 6.42 Å². The molecule has 1 heterocycles. The van der Waals surface area contributed by atoms with Gasteiger partial charge in [-0.3, -0.25) is 14.6 Å². The SMILES string of the molecule is O=C(O)CCc1ccnc(CCC(=O)O)c1. The number of hydrogen-bond donors (Lipinski definition) is 2. The number of aromatic nitrogens is 1. The molecule has 16 heavy (non-hydrogen) atoms. The summed E-state index contributed by atoms with van der Waals surface area (Å²) in [6.07, 6.45) is 2.50. The van der Waals surface area contributed by atoms with Crippen LogP contribution in [-0.2, 0) is 22.4 Å². The van der Waals surface area contributed by atoms with Crippen molar-refractivity contribution in [2.75, 3.05) is 0 Å². The Morgan fingerprint density at radius 1 is 1.12 bits per heavy atom. The van der Waals surface area contributed by atoms with Gasteiger partial charge in [0.2, 0.25) is 0 Å². The van der Waals surface area contributed by atoms with Crippen LogP contribution in [0.1, 0.15) is 24.1 Å². The minimum Gasteiger partial charge on any atom is -0.481 e. The van der Waals surface area contributed by atoms with Crippen molar-refractivity contribution in [2.24, 2.45) is 0 Å². The van der Waals surface area contributed by atoms with E-state index in [1.54, 1.807) is 18.3 Å². The fourth-order valence-corrected chi connectivity index (χ4v) is 1.31. The van der Waals surface area contributed by atoms with Crippen LogP contribution in [-0.4, -0.2) is 27.1 Å². The zero-order chi connectivity index (χ0) is 12.0. The van der Waals surface area contributed by atoms with Crippen molar-refractivity contribution in [3.63, 3.8) is 0 Å². The van der Waals surface area contributed by atoms with Gasteiger partial charge in [0.15, 0.2) is 0 Å². The molecule has 1 aromatic rings. The van der Waals surface area contributed by atoms with Crippen LogP contribution in [0.15, 0.2) is 18.3 Å². The fraction of sp³-hybridized carbons (Fsp3) is 0.364. The highest BCUT2D eigenvalue weighted by Gasteiger charge is 2.03. The summed E-state index contributed by atoms with van der Waals surface area (Å²) >= 11 is 0. The summed E-state index contributed by atoms with van der Waals surface area (Å²) in [5, 5.41) is 17.0. The van der Waals surface area contributed by atoms with Crippen LogP contribution in [0.3, 0.4) is 0 Å². The molecule has 0 amide bonds. The first kappa shape index (κ1) is 12.2. The molecule has 5 nitrogen and oxygen atoms in total. The molecule has 1 aromatic heterocycles. The molecule has 0 aliphatic carbocycles. The number of pyridine rings is 1. The van der Waals surface area contributed by atoms with Crippen LogP contribution in [0, 0.1) is 0 Å². The number of aryl methyl sites for hydroxylation is 2. The van der Waals surface area contributed by atoms with Gasteiger partial charge in [0.25, 0.3) is 0 Å². The molecule has 1 rings (SSSR count). The van der Waals surface area contributed by atoms with Crippen LogP contribution >= 0.6 is 0 Å². The lowest BCUT2D eigenvalue weighted by Gasteiger charge is -2.02. The van der Waals surface area contributed by atoms with Gasteiger partial charge in [0, 0.05) is 24.7 Å². The predicted molar refractivity (Wildman–Crippen MR) is 56.2 cm³/mol. The van der Waals surface area contributed by atoms with Crippen LogP contribution in [0.2, 0.25) is 0 Å². The molecule has 0 saturated carbocycles. The zero-order valence-electron chi connectivity index (χ0n) is 8.72. The topological polar surface area (TPSA) is 87.5 Å². The first-order valence-electron chi connectivity index (χ1n) is 4.95. The monoisotopic (exact) mass is 223 g/mol. The average molecular weight is 223 g/mol. The van der Waals surface area contributed by atoms with Crippen LogP contribution in [0.4, 0.5) is 0 Å². The summed E-state index contributed by atoms with van der Waals surface area (Å²) in [5.41, 5.74) is 1.56. The highest BCUT2D eigenvalue weighted by Crippen LogP contribution is 2.07. The normalized spacial score (nSPS) is 10.0. The van der Waals surface area contributed by atoms with E-state index < -0.39 is 11.9 Å². The van der Waals surface area contributed by atoms with Gasteiger partial charge < -0.3 is 10.2 Å². The highest BCUT2D eigenvalue weighted by atomic mass is 16.4. The maximum atomic E-state index is 10.4. The molecule has 0 saturated heterocycles. The summed E-state index contributed by atoms with van der Waals surface area (Å²) in [6, 6.07) is 3.50. The van der Waals surface area contributed by atoms with Crippen LogP contribution < -0.4 is 0 Å². The maximum absolute atomic E-state index is 10.4. The minimum absolute atomic E-state index is 0.0371. The third-order valence-corrected chi connectivity index (χ3v) is 2.10.